The molecule has 2 aliphatic heterocycles. The maximum absolute atomic E-state index is 12.5. The lowest BCUT2D eigenvalue weighted by Crippen LogP contribution is -2.42. The van der Waals surface area contributed by atoms with E-state index in [1.54, 1.807) is 4.90 Å². The highest BCUT2D eigenvalue weighted by Crippen LogP contribution is 2.27. The molecule has 0 radical (unpaired) electrons. The minimum atomic E-state index is -0.971. The van der Waals surface area contributed by atoms with Crippen molar-refractivity contribution in [2.45, 2.75) is 65.7 Å². The van der Waals surface area contributed by atoms with Gasteiger partial charge in [0.05, 0.1) is 6.42 Å². The summed E-state index contributed by atoms with van der Waals surface area (Å²) in [6, 6.07) is 0. The van der Waals surface area contributed by atoms with Crippen molar-refractivity contribution in [2.24, 2.45) is 5.92 Å². The van der Waals surface area contributed by atoms with Gasteiger partial charge in [-0.3, -0.25) is 14.4 Å². The number of hydrogen-bond donors (Lipinski definition) is 3. The molecule has 2 aliphatic rings. The summed E-state index contributed by atoms with van der Waals surface area (Å²) < 4.78 is 0. The Hall–Kier alpha value is -2.57. The standard InChI is InChI=1S/C24H37N3O4/c1-17(2)21(9-8-20-7-4-11-25-18(20)3)14-19-6-5-13-27(16-19)23(29)15-22(28)26-12-10-24(30)31/h8-9,19,25H,4-7,10-16H2,1-3H3,(H,26,28)(H,30,31)/b9-8-. The first-order chi connectivity index (χ1) is 14.8. The van der Waals surface area contributed by atoms with Crippen LogP contribution < -0.4 is 10.6 Å². The van der Waals surface area contributed by atoms with Gasteiger partial charge in [-0.2, -0.15) is 0 Å². The number of aliphatic carboxylic acids is 1. The van der Waals surface area contributed by atoms with Crippen molar-refractivity contribution in [1.82, 2.24) is 15.5 Å². The molecule has 0 aromatic heterocycles. The Kier molecular flexibility index (Phi) is 9.82. The number of rotatable bonds is 9. The molecule has 0 aromatic carbocycles. The molecule has 1 unspecified atom stereocenters. The molecule has 7 nitrogen and oxygen atoms in total. The first-order valence-corrected chi connectivity index (χ1v) is 11.3. The third-order valence-corrected chi connectivity index (χ3v) is 5.98. The van der Waals surface area contributed by atoms with E-state index in [1.807, 2.05) is 0 Å². The topological polar surface area (TPSA) is 98.7 Å². The molecule has 1 saturated heterocycles. The number of carbonyl (C=O) groups excluding carboxylic acids is 2. The van der Waals surface area contributed by atoms with E-state index in [0.717, 1.165) is 38.6 Å². The molecule has 0 spiro atoms. The lowest BCUT2D eigenvalue weighted by Gasteiger charge is -2.33. The maximum atomic E-state index is 12.5. The number of piperidine rings is 1. The number of amides is 2. The smallest absolute Gasteiger partial charge is 0.305 e. The number of hydrogen-bond acceptors (Lipinski definition) is 4. The summed E-state index contributed by atoms with van der Waals surface area (Å²) >= 11 is 0. The second-order valence-corrected chi connectivity index (χ2v) is 8.76. The Labute approximate surface area is 185 Å². The minimum absolute atomic E-state index is 0.0474. The molecule has 2 heterocycles. The molecule has 1 fully saturated rings. The molecule has 0 aliphatic carbocycles. The first-order valence-electron chi connectivity index (χ1n) is 11.3. The summed E-state index contributed by atoms with van der Waals surface area (Å²) in [6.45, 7) is 8.82. The van der Waals surface area contributed by atoms with Crippen molar-refractivity contribution in [3.63, 3.8) is 0 Å². The summed E-state index contributed by atoms with van der Waals surface area (Å²) in [4.78, 5) is 36.8. The van der Waals surface area contributed by atoms with Crippen LogP contribution in [0.3, 0.4) is 0 Å². The molecule has 0 aromatic rings. The largest absolute Gasteiger partial charge is 0.481 e. The van der Waals surface area contributed by atoms with Gasteiger partial charge < -0.3 is 20.6 Å². The van der Waals surface area contributed by atoms with E-state index >= 15 is 0 Å². The van der Waals surface area contributed by atoms with Crippen molar-refractivity contribution in [2.75, 3.05) is 26.2 Å². The highest BCUT2D eigenvalue weighted by molar-refractivity contribution is 5.97. The fourth-order valence-electron chi connectivity index (χ4n) is 4.09. The number of nitrogens with zero attached hydrogens (tertiary/aromatic N) is 1. The van der Waals surface area contributed by atoms with Crippen LogP contribution in [0.25, 0.3) is 0 Å². The molecule has 31 heavy (non-hydrogen) atoms. The highest BCUT2D eigenvalue weighted by Gasteiger charge is 2.25. The SMILES string of the molecule is CC(C)=C(/C=C\C1=C(C)NCCC1)CC1CCCN(C(=O)CC(=O)NCCC(=O)O)C1. The van der Waals surface area contributed by atoms with Gasteiger partial charge in [-0.05, 0) is 69.9 Å². The summed E-state index contributed by atoms with van der Waals surface area (Å²) in [5, 5.41) is 14.6. The zero-order chi connectivity index (χ0) is 22.8. The molecule has 7 heteroatoms. The predicted molar refractivity (Wildman–Crippen MR) is 121 cm³/mol. The zero-order valence-electron chi connectivity index (χ0n) is 19.1. The molecule has 2 amide bonds. The quantitative estimate of drug-likeness (QED) is 0.385. The van der Waals surface area contributed by atoms with Crippen LogP contribution >= 0.6 is 0 Å². The van der Waals surface area contributed by atoms with E-state index in [-0.39, 0.29) is 25.3 Å². The Balaban J connectivity index is 1.90. The molecule has 0 saturated carbocycles. The summed E-state index contributed by atoms with van der Waals surface area (Å²) in [5.41, 5.74) is 5.22. The van der Waals surface area contributed by atoms with Gasteiger partial charge in [0, 0.05) is 31.9 Å². The van der Waals surface area contributed by atoms with Crippen molar-refractivity contribution >= 4 is 17.8 Å². The van der Waals surface area contributed by atoms with Crippen molar-refractivity contribution in [1.29, 1.82) is 0 Å². The van der Waals surface area contributed by atoms with E-state index in [9.17, 15) is 14.4 Å². The Morgan fingerprint density at radius 2 is 2.03 bits per heavy atom. The Morgan fingerprint density at radius 1 is 1.26 bits per heavy atom. The van der Waals surface area contributed by atoms with Gasteiger partial charge in [0.15, 0.2) is 0 Å². The highest BCUT2D eigenvalue weighted by atomic mass is 16.4. The van der Waals surface area contributed by atoms with Gasteiger partial charge >= 0.3 is 5.97 Å². The molecule has 0 bridgehead atoms. The minimum Gasteiger partial charge on any atom is -0.481 e. The second-order valence-electron chi connectivity index (χ2n) is 8.76. The van der Waals surface area contributed by atoms with Crippen molar-refractivity contribution in [3.05, 3.63) is 34.6 Å². The monoisotopic (exact) mass is 431 g/mol. The van der Waals surface area contributed by atoms with Crippen LogP contribution in [0.4, 0.5) is 0 Å². The molecular weight excluding hydrogens is 394 g/mol. The zero-order valence-corrected chi connectivity index (χ0v) is 19.1. The van der Waals surface area contributed by atoms with Gasteiger partial charge in [-0.15, -0.1) is 0 Å². The number of likely N-dealkylation sites (tertiary alicyclic amines) is 1. The summed E-state index contributed by atoms with van der Waals surface area (Å²) in [5.74, 6) is -1.19. The van der Waals surface area contributed by atoms with Crippen LogP contribution in [0, 0.1) is 5.92 Å². The molecule has 2 rings (SSSR count). The maximum Gasteiger partial charge on any atom is 0.305 e. The van der Waals surface area contributed by atoms with Crippen LogP contribution in [0.15, 0.2) is 34.6 Å². The van der Waals surface area contributed by atoms with Gasteiger partial charge in [0.25, 0.3) is 0 Å². The number of carbonyl (C=O) groups is 3. The van der Waals surface area contributed by atoms with Crippen LogP contribution in [0.5, 0.6) is 0 Å². The van der Waals surface area contributed by atoms with Crippen molar-refractivity contribution in [3.8, 4) is 0 Å². The lowest BCUT2D eigenvalue weighted by molar-refractivity contribution is -0.137. The lowest BCUT2D eigenvalue weighted by atomic mass is 9.89. The van der Waals surface area contributed by atoms with Crippen LogP contribution in [-0.4, -0.2) is 54.0 Å². The third-order valence-electron chi connectivity index (χ3n) is 5.98. The fraction of sp³-hybridized carbons (Fsp3) is 0.625. The molecule has 1 atom stereocenters. The fourth-order valence-corrected chi connectivity index (χ4v) is 4.09. The van der Waals surface area contributed by atoms with E-state index in [2.05, 4.69) is 43.6 Å². The summed E-state index contributed by atoms with van der Waals surface area (Å²) in [6.07, 6.45) is 9.30. The van der Waals surface area contributed by atoms with E-state index in [4.69, 9.17) is 5.11 Å². The summed E-state index contributed by atoms with van der Waals surface area (Å²) in [7, 11) is 0. The second kappa shape index (κ2) is 12.3. The number of nitrogens with one attached hydrogen (secondary N) is 2. The van der Waals surface area contributed by atoms with Gasteiger partial charge in [-0.25, -0.2) is 0 Å². The average Bonchev–Trinajstić information content (AvgIpc) is 2.71. The van der Waals surface area contributed by atoms with Crippen LogP contribution in [0.2, 0.25) is 0 Å². The van der Waals surface area contributed by atoms with Gasteiger partial charge in [0.2, 0.25) is 11.8 Å². The normalized spacial score (nSPS) is 19.2. The molecule has 172 valence electrons. The van der Waals surface area contributed by atoms with Crippen LogP contribution in [-0.2, 0) is 14.4 Å². The van der Waals surface area contributed by atoms with E-state index in [0.29, 0.717) is 19.0 Å². The molecule has 3 N–H and O–H groups in total. The Bertz CT molecular complexity index is 763. The number of allylic oxidation sites excluding steroid dienone is 6. The third kappa shape index (κ3) is 8.59. The molecular formula is C24H37N3O4. The number of carboxylic acids is 1. The predicted octanol–water partition coefficient (Wildman–Crippen LogP) is 3.15. The Morgan fingerprint density at radius 3 is 2.71 bits per heavy atom. The van der Waals surface area contributed by atoms with E-state index in [1.165, 1.54) is 22.4 Å². The van der Waals surface area contributed by atoms with Crippen LogP contribution in [0.1, 0.15) is 65.7 Å². The van der Waals surface area contributed by atoms with Gasteiger partial charge in [-0.1, -0.05) is 17.7 Å². The van der Waals surface area contributed by atoms with E-state index < -0.39 is 11.9 Å². The van der Waals surface area contributed by atoms with Crippen molar-refractivity contribution < 1.29 is 19.5 Å². The number of carboxylic acid groups (broad SMARTS) is 1. The average molecular weight is 432 g/mol. The first kappa shape index (κ1) is 24.7. The van der Waals surface area contributed by atoms with Gasteiger partial charge in [0.1, 0.15) is 6.42 Å².